The van der Waals surface area contributed by atoms with Gasteiger partial charge in [0.25, 0.3) is 0 Å². The van der Waals surface area contributed by atoms with Crippen LogP contribution in [0.25, 0.3) is 5.69 Å². The second-order valence-corrected chi connectivity index (χ2v) is 3.77. The number of aryl methyl sites for hydroxylation is 2. The molecule has 1 aromatic carbocycles. The fraction of sp³-hybridized carbons (Fsp3) is 0.200. The molecule has 0 atom stereocenters. The first-order valence-corrected chi connectivity index (χ1v) is 4.91. The summed E-state index contributed by atoms with van der Waals surface area (Å²) in [5, 5.41) is 4.79. The molecule has 0 fully saturated rings. The molecule has 1 heterocycles. The highest BCUT2D eigenvalue weighted by atomic mass is 35.5. The molecule has 2 aromatic rings. The summed E-state index contributed by atoms with van der Waals surface area (Å²) in [5.74, 6) is 1.01. The first kappa shape index (κ1) is 9.98. The van der Waals surface area contributed by atoms with Gasteiger partial charge in [-0.3, -0.25) is 0 Å². The highest BCUT2D eigenvalue weighted by Gasteiger charge is 2.06. The van der Waals surface area contributed by atoms with Crippen LogP contribution in [-0.4, -0.2) is 14.8 Å². The molecule has 0 radical (unpaired) electrons. The van der Waals surface area contributed by atoms with Crippen molar-refractivity contribution >= 4 is 17.5 Å². The van der Waals surface area contributed by atoms with Crippen molar-refractivity contribution in [3.05, 3.63) is 34.6 Å². The number of halogens is 1. The Morgan fingerprint density at radius 2 is 2.07 bits per heavy atom. The number of rotatable bonds is 1. The van der Waals surface area contributed by atoms with Crippen LogP contribution < -0.4 is 5.73 Å². The standard InChI is InChI=1S/C10H11ClN4/c1-6-3-4-8(5-9(6)11)15-7(2)13-10(12)14-15/h3-5H,1-2H3,(H2,12,14). The Morgan fingerprint density at radius 1 is 1.33 bits per heavy atom. The number of benzene rings is 1. The van der Waals surface area contributed by atoms with Crippen molar-refractivity contribution in [3.8, 4) is 5.69 Å². The van der Waals surface area contributed by atoms with Crippen LogP contribution in [0.15, 0.2) is 18.2 Å². The van der Waals surface area contributed by atoms with E-state index >= 15 is 0 Å². The average Bonchev–Trinajstić information content (AvgIpc) is 2.50. The van der Waals surface area contributed by atoms with Gasteiger partial charge in [0.2, 0.25) is 5.95 Å². The summed E-state index contributed by atoms with van der Waals surface area (Å²) in [6.45, 7) is 3.80. The van der Waals surface area contributed by atoms with Crippen molar-refractivity contribution in [2.24, 2.45) is 0 Å². The van der Waals surface area contributed by atoms with E-state index in [-0.39, 0.29) is 5.95 Å². The van der Waals surface area contributed by atoms with Crippen LogP contribution in [0, 0.1) is 13.8 Å². The van der Waals surface area contributed by atoms with E-state index in [1.54, 1.807) is 4.68 Å². The van der Waals surface area contributed by atoms with Crippen molar-refractivity contribution in [2.45, 2.75) is 13.8 Å². The third kappa shape index (κ3) is 1.80. The Morgan fingerprint density at radius 3 is 2.60 bits per heavy atom. The minimum atomic E-state index is 0.268. The highest BCUT2D eigenvalue weighted by molar-refractivity contribution is 6.31. The van der Waals surface area contributed by atoms with Gasteiger partial charge in [-0.25, -0.2) is 4.68 Å². The van der Waals surface area contributed by atoms with Crippen molar-refractivity contribution in [1.82, 2.24) is 14.8 Å². The van der Waals surface area contributed by atoms with Crippen LogP contribution in [0.3, 0.4) is 0 Å². The third-order valence-corrected chi connectivity index (χ3v) is 2.59. The van der Waals surface area contributed by atoms with E-state index in [4.69, 9.17) is 17.3 Å². The normalized spacial score (nSPS) is 10.6. The zero-order chi connectivity index (χ0) is 11.0. The molecule has 0 saturated heterocycles. The van der Waals surface area contributed by atoms with Crippen molar-refractivity contribution in [3.63, 3.8) is 0 Å². The molecule has 0 bridgehead atoms. The van der Waals surface area contributed by atoms with Gasteiger partial charge >= 0.3 is 0 Å². The number of anilines is 1. The monoisotopic (exact) mass is 222 g/mol. The number of hydrogen-bond donors (Lipinski definition) is 1. The molecule has 15 heavy (non-hydrogen) atoms. The first-order valence-electron chi connectivity index (χ1n) is 4.53. The number of hydrogen-bond acceptors (Lipinski definition) is 3. The Hall–Kier alpha value is -1.55. The first-order chi connectivity index (χ1) is 7.08. The minimum Gasteiger partial charge on any atom is -0.366 e. The van der Waals surface area contributed by atoms with Gasteiger partial charge in [-0.1, -0.05) is 17.7 Å². The Labute approximate surface area is 92.7 Å². The molecular weight excluding hydrogens is 212 g/mol. The maximum absolute atomic E-state index is 6.03. The summed E-state index contributed by atoms with van der Waals surface area (Å²) in [7, 11) is 0. The Kier molecular flexibility index (Phi) is 2.36. The topological polar surface area (TPSA) is 56.7 Å². The quantitative estimate of drug-likeness (QED) is 0.804. The Balaban J connectivity index is 2.54. The molecule has 1 aromatic heterocycles. The largest absolute Gasteiger partial charge is 0.366 e. The van der Waals surface area contributed by atoms with Crippen LogP contribution >= 0.6 is 11.6 Å². The molecule has 0 aliphatic carbocycles. The van der Waals surface area contributed by atoms with Gasteiger partial charge in [-0.05, 0) is 31.5 Å². The summed E-state index contributed by atoms with van der Waals surface area (Å²) in [5.41, 5.74) is 7.41. The average molecular weight is 223 g/mol. The molecule has 0 saturated carbocycles. The predicted molar refractivity (Wildman–Crippen MR) is 60.3 cm³/mol. The molecule has 0 aliphatic heterocycles. The minimum absolute atomic E-state index is 0.268. The van der Waals surface area contributed by atoms with Crippen LogP contribution in [-0.2, 0) is 0 Å². The summed E-state index contributed by atoms with van der Waals surface area (Å²) in [6, 6.07) is 5.72. The van der Waals surface area contributed by atoms with Gasteiger partial charge in [0.05, 0.1) is 5.69 Å². The van der Waals surface area contributed by atoms with Gasteiger partial charge in [0, 0.05) is 5.02 Å². The van der Waals surface area contributed by atoms with E-state index in [2.05, 4.69) is 10.1 Å². The highest BCUT2D eigenvalue weighted by Crippen LogP contribution is 2.19. The number of nitrogen functional groups attached to an aromatic ring is 1. The van der Waals surface area contributed by atoms with E-state index < -0.39 is 0 Å². The summed E-state index contributed by atoms with van der Waals surface area (Å²) in [4.78, 5) is 4.03. The van der Waals surface area contributed by atoms with Gasteiger partial charge < -0.3 is 5.73 Å². The predicted octanol–water partition coefficient (Wildman–Crippen LogP) is 2.12. The van der Waals surface area contributed by atoms with Gasteiger partial charge in [0.1, 0.15) is 5.82 Å². The van der Waals surface area contributed by atoms with Gasteiger partial charge in [-0.15, -0.1) is 5.10 Å². The van der Waals surface area contributed by atoms with Gasteiger partial charge in [-0.2, -0.15) is 4.98 Å². The van der Waals surface area contributed by atoms with Crippen LogP contribution in [0.1, 0.15) is 11.4 Å². The lowest BCUT2D eigenvalue weighted by Crippen LogP contribution is -1.99. The van der Waals surface area contributed by atoms with E-state index in [1.165, 1.54) is 0 Å². The number of nitrogens with zero attached hydrogens (tertiary/aromatic N) is 3. The van der Waals surface area contributed by atoms with Crippen LogP contribution in [0.5, 0.6) is 0 Å². The fourth-order valence-electron chi connectivity index (χ4n) is 1.37. The Bertz CT molecular complexity index is 504. The number of aromatic nitrogens is 3. The lowest BCUT2D eigenvalue weighted by molar-refractivity contribution is 0.842. The van der Waals surface area contributed by atoms with E-state index in [0.29, 0.717) is 5.02 Å². The lowest BCUT2D eigenvalue weighted by atomic mass is 10.2. The molecule has 0 spiro atoms. The van der Waals surface area contributed by atoms with Crippen molar-refractivity contribution in [1.29, 1.82) is 0 Å². The maximum atomic E-state index is 6.03. The second-order valence-electron chi connectivity index (χ2n) is 3.36. The van der Waals surface area contributed by atoms with Crippen molar-refractivity contribution < 1.29 is 0 Å². The molecule has 0 unspecified atom stereocenters. The van der Waals surface area contributed by atoms with Crippen LogP contribution in [0.4, 0.5) is 5.95 Å². The van der Waals surface area contributed by atoms with Gasteiger partial charge in [0.15, 0.2) is 0 Å². The zero-order valence-electron chi connectivity index (χ0n) is 8.53. The molecular formula is C10H11ClN4. The molecule has 2 rings (SSSR count). The summed E-state index contributed by atoms with van der Waals surface area (Å²) in [6.07, 6.45) is 0. The zero-order valence-corrected chi connectivity index (χ0v) is 9.28. The third-order valence-electron chi connectivity index (χ3n) is 2.19. The summed E-state index contributed by atoms with van der Waals surface area (Å²) >= 11 is 6.03. The second kappa shape index (κ2) is 3.55. The number of nitrogens with two attached hydrogens (primary N) is 1. The molecule has 4 nitrogen and oxygen atoms in total. The molecule has 78 valence electrons. The van der Waals surface area contributed by atoms with Crippen LogP contribution in [0.2, 0.25) is 5.02 Å². The molecule has 5 heteroatoms. The summed E-state index contributed by atoms with van der Waals surface area (Å²) < 4.78 is 1.67. The van der Waals surface area contributed by atoms with E-state index in [9.17, 15) is 0 Å². The SMILES string of the molecule is Cc1ccc(-n2nc(N)nc2C)cc1Cl. The van der Waals surface area contributed by atoms with E-state index in [1.807, 2.05) is 32.0 Å². The maximum Gasteiger partial charge on any atom is 0.240 e. The molecule has 0 amide bonds. The molecule has 2 N–H and O–H groups in total. The lowest BCUT2D eigenvalue weighted by Gasteiger charge is -2.04. The van der Waals surface area contributed by atoms with E-state index in [0.717, 1.165) is 17.1 Å². The van der Waals surface area contributed by atoms with Crippen molar-refractivity contribution in [2.75, 3.05) is 5.73 Å². The smallest absolute Gasteiger partial charge is 0.240 e. The fourth-order valence-corrected chi connectivity index (χ4v) is 1.54. The molecule has 0 aliphatic rings.